The van der Waals surface area contributed by atoms with Crippen LogP contribution >= 0.6 is 0 Å². The first-order chi connectivity index (χ1) is 20.4. The monoisotopic (exact) mass is 605 g/mol. The number of aromatic nitrogens is 1. The number of halogens is 4. The summed E-state index contributed by atoms with van der Waals surface area (Å²) in [4.78, 5) is 28.9. The van der Waals surface area contributed by atoms with Gasteiger partial charge in [-0.2, -0.15) is 13.2 Å². The molecule has 1 aliphatic rings. The van der Waals surface area contributed by atoms with E-state index in [1.165, 1.54) is 37.4 Å². The minimum absolute atomic E-state index is 0.0369. The van der Waals surface area contributed by atoms with Crippen molar-refractivity contribution in [2.75, 3.05) is 20.3 Å². The van der Waals surface area contributed by atoms with Crippen molar-refractivity contribution in [1.82, 2.24) is 10.3 Å². The molecule has 1 aliphatic carbocycles. The number of pyridine rings is 1. The third kappa shape index (κ3) is 7.34. The van der Waals surface area contributed by atoms with Gasteiger partial charge in [0.25, 0.3) is 5.91 Å². The van der Waals surface area contributed by atoms with Gasteiger partial charge in [-0.1, -0.05) is 6.92 Å². The fraction of sp³-hybridized carbons (Fsp3) is 0.367. The number of benzene rings is 2. The van der Waals surface area contributed by atoms with Crippen LogP contribution in [0.2, 0.25) is 0 Å². The molecule has 13 heteroatoms. The molecule has 43 heavy (non-hydrogen) atoms. The van der Waals surface area contributed by atoms with Crippen LogP contribution < -0.4 is 25.3 Å². The zero-order chi connectivity index (χ0) is 31.4. The van der Waals surface area contributed by atoms with E-state index in [9.17, 15) is 32.3 Å². The highest BCUT2D eigenvalue weighted by Crippen LogP contribution is 2.42. The third-order valence-corrected chi connectivity index (χ3v) is 6.62. The molecule has 0 aliphatic heterocycles. The molecular formula is C30H31F4N3O6. The molecule has 9 nitrogen and oxygen atoms in total. The number of methoxy groups -OCH3 is 1. The predicted octanol–water partition coefficient (Wildman–Crippen LogP) is 4.43. The Hall–Kier alpha value is -4.39. The molecule has 3 aromatic rings. The lowest BCUT2D eigenvalue weighted by molar-refractivity contribution is -0.265. The number of carbonyl (C=O) groups is 2. The quantitative estimate of drug-likeness (QED) is 0.246. The van der Waals surface area contributed by atoms with Crippen molar-refractivity contribution >= 4 is 11.8 Å². The molecule has 0 spiro atoms. The van der Waals surface area contributed by atoms with Gasteiger partial charge in [0, 0.05) is 16.7 Å². The zero-order valence-electron chi connectivity index (χ0n) is 23.5. The van der Waals surface area contributed by atoms with Gasteiger partial charge >= 0.3 is 6.18 Å². The maximum Gasteiger partial charge on any atom is 0.424 e. The highest BCUT2D eigenvalue weighted by atomic mass is 19.4. The topological polar surface area (TPSA) is 133 Å². The van der Waals surface area contributed by atoms with E-state index >= 15 is 0 Å². The number of primary amides is 1. The van der Waals surface area contributed by atoms with E-state index in [2.05, 4.69) is 10.3 Å². The Kier molecular flexibility index (Phi) is 9.43. The number of aliphatic hydroxyl groups is 1. The molecule has 0 saturated heterocycles. The van der Waals surface area contributed by atoms with Crippen LogP contribution in [0.5, 0.6) is 17.2 Å². The molecule has 230 valence electrons. The van der Waals surface area contributed by atoms with Gasteiger partial charge in [0.1, 0.15) is 17.3 Å². The minimum Gasteiger partial charge on any atom is -0.493 e. The summed E-state index contributed by atoms with van der Waals surface area (Å²) in [6.07, 6.45) is -3.57. The Bertz CT molecular complexity index is 1480. The van der Waals surface area contributed by atoms with Crippen LogP contribution in [0.25, 0.3) is 11.3 Å². The first-order valence-corrected chi connectivity index (χ1v) is 13.5. The maximum atomic E-state index is 14.6. The maximum absolute atomic E-state index is 14.6. The second-order valence-corrected chi connectivity index (χ2v) is 10.1. The average Bonchev–Trinajstić information content (AvgIpc) is 3.78. The van der Waals surface area contributed by atoms with Gasteiger partial charge in [-0.25, -0.2) is 9.37 Å². The van der Waals surface area contributed by atoms with Gasteiger partial charge in [-0.15, -0.1) is 0 Å². The Morgan fingerprint density at radius 1 is 1.09 bits per heavy atom. The summed E-state index contributed by atoms with van der Waals surface area (Å²) >= 11 is 0. The van der Waals surface area contributed by atoms with Crippen LogP contribution in [0.3, 0.4) is 0 Å². The molecule has 0 bridgehead atoms. The third-order valence-electron chi connectivity index (χ3n) is 6.62. The highest BCUT2D eigenvalue weighted by molar-refractivity contribution is 5.95. The van der Waals surface area contributed by atoms with Crippen molar-refractivity contribution in [2.24, 2.45) is 5.73 Å². The van der Waals surface area contributed by atoms with E-state index in [-0.39, 0.29) is 46.6 Å². The van der Waals surface area contributed by atoms with Crippen molar-refractivity contribution in [2.45, 2.75) is 50.5 Å². The van der Waals surface area contributed by atoms with E-state index in [1.807, 2.05) is 0 Å². The second-order valence-electron chi connectivity index (χ2n) is 10.1. The van der Waals surface area contributed by atoms with Crippen molar-refractivity contribution in [3.05, 3.63) is 71.2 Å². The van der Waals surface area contributed by atoms with Crippen LogP contribution in [-0.4, -0.2) is 54.4 Å². The van der Waals surface area contributed by atoms with E-state index in [4.69, 9.17) is 19.9 Å². The summed E-state index contributed by atoms with van der Waals surface area (Å²) in [5, 5.41) is 13.3. The standard InChI is InChI=1S/C30H31F4N3O6/c1-3-12-42-27-19(15-25(35)38)14-24(37-26(27)17-4-7-20(31)8-5-17)29(40,30(32,33)34)16-36-28(39)18-6-11-22(23(13-18)41-2)43-21-9-10-21/h4-8,11,13-14,21,40H,3,9-10,12,15-16H2,1-2H3,(H2,35,38)(H,36,39)/t29-/m0/s1. The summed E-state index contributed by atoms with van der Waals surface area (Å²) in [6.45, 7) is 0.578. The lowest BCUT2D eigenvalue weighted by Gasteiger charge is -2.31. The summed E-state index contributed by atoms with van der Waals surface area (Å²) in [7, 11) is 1.36. The van der Waals surface area contributed by atoms with Crippen molar-refractivity contribution in [3.8, 4) is 28.5 Å². The smallest absolute Gasteiger partial charge is 0.424 e. The zero-order valence-corrected chi connectivity index (χ0v) is 23.5. The Morgan fingerprint density at radius 2 is 1.79 bits per heavy atom. The molecule has 1 saturated carbocycles. The fourth-order valence-electron chi connectivity index (χ4n) is 4.20. The number of carbonyl (C=O) groups excluding carboxylic acids is 2. The first-order valence-electron chi connectivity index (χ1n) is 13.5. The summed E-state index contributed by atoms with van der Waals surface area (Å²) in [5.74, 6) is -1.85. The highest BCUT2D eigenvalue weighted by Gasteiger charge is 2.56. The fourth-order valence-corrected chi connectivity index (χ4v) is 4.20. The summed E-state index contributed by atoms with van der Waals surface area (Å²) in [6, 6.07) is 9.71. The van der Waals surface area contributed by atoms with Crippen LogP contribution in [0, 0.1) is 5.82 Å². The first kappa shape index (κ1) is 31.5. The number of hydrogen-bond acceptors (Lipinski definition) is 7. The van der Waals surface area contributed by atoms with Gasteiger partial charge < -0.3 is 30.4 Å². The lowest BCUT2D eigenvalue weighted by atomic mass is 9.93. The van der Waals surface area contributed by atoms with Gasteiger partial charge in [0.2, 0.25) is 11.5 Å². The number of nitrogens with two attached hydrogens (primary N) is 1. The number of nitrogens with zero attached hydrogens (tertiary/aromatic N) is 1. The molecular weight excluding hydrogens is 574 g/mol. The molecule has 4 rings (SSSR count). The van der Waals surface area contributed by atoms with E-state index in [0.717, 1.165) is 31.0 Å². The number of alkyl halides is 3. The summed E-state index contributed by atoms with van der Waals surface area (Å²) < 4.78 is 74.1. The number of hydrogen-bond donors (Lipinski definition) is 3. The van der Waals surface area contributed by atoms with Gasteiger partial charge in [0.15, 0.2) is 11.5 Å². The average molecular weight is 606 g/mol. The van der Waals surface area contributed by atoms with Crippen LogP contribution in [0.1, 0.15) is 47.8 Å². The van der Waals surface area contributed by atoms with E-state index < -0.39 is 48.1 Å². The van der Waals surface area contributed by atoms with Crippen molar-refractivity contribution < 1.29 is 46.5 Å². The number of amides is 2. The molecule has 1 fully saturated rings. The van der Waals surface area contributed by atoms with Crippen LogP contribution in [-0.2, 0) is 16.8 Å². The molecule has 4 N–H and O–H groups in total. The minimum atomic E-state index is -5.34. The van der Waals surface area contributed by atoms with Crippen LogP contribution in [0.15, 0.2) is 48.5 Å². The van der Waals surface area contributed by atoms with Gasteiger partial charge in [0.05, 0.1) is 38.5 Å². The van der Waals surface area contributed by atoms with E-state index in [0.29, 0.717) is 12.2 Å². The molecule has 1 aromatic heterocycles. The van der Waals surface area contributed by atoms with Gasteiger partial charge in [-0.3, -0.25) is 9.59 Å². The Labute approximate surface area is 245 Å². The molecule has 0 radical (unpaired) electrons. The lowest BCUT2D eigenvalue weighted by Crippen LogP contribution is -2.51. The van der Waals surface area contributed by atoms with E-state index in [1.54, 1.807) is 6.92 Å². The van der Waals surface area contributed by atoms with Gasteiger partial charge in [-0.05, 0) is 67.8 Å². The molecule has 0 unspecified atom stereocenters. The Morgan fingerprint density at radius 3 is 2.37 bits per heavy atom. The summed E-state index contributed by atoms with van der Waals surface area (Å²) in [5.41, 5.74) is 0.610. The Balaban J connectivity index is 1.74. The second kappa shape index (κ2) is 12.9. The number of ether oxygens (including phenoxy) is 3. The van der Waals surface area contributed by atoms with Crippen molar-refractivity contribution in [3.63, 3.8) is 0 Å². The SMILES string of the molecule is CCCOc1c(CC(N)=O)cc([C@@](O)(CNC(=O)c2ccc(OC3CC3)c(OC)c2)C(F)(F)F)nc1-c1ccc(F)cc1. The molecule has 1 atom stereocenters. The molecule has 2 aromatic carbocycles. The van der Waals surface area contributed by atoms with Crippen molar-refractivity contribution in [1.29, 1.82) is 0 Å². The number of rotatable bonds is 13. The number of nitrogens with one attached hydrogen (secondary N) is 1. The normalized spacial score (nSPS) is 14.5. The van der Waals surface area contributed by atoms with Crippen LogP contribution in [0.4, 0.5) is 17.6 Å². The largest absolute Gasteiger partial charge is 0.493 e. The molecule has 2 amide bonds. The molecule has 1 heterocycles. The predicted molar refractivity (Wildman–Crippen MR) is 147 cm³/mol.